The van der Waals surface area contributed by atoms with Crippen LogP contribution >= 0.6 is 0 Å². The maximum atomic E-state index is 11.3. The van der Waals surface area contributed by atoms with Gasteiger partial charge < -0.3 is 19.0 Å². The lowest BCUT2D eigenvalue weighted by atomic mass is 9.87. The van der Waals surface area contributed by atoms with Gasteiger partial charge in [-0.15, -0.1) is 0 Å². The molecule has 1 heterocycles. The van der Waals surface area contributed by atoms with E-state index >= 15 is 0 Å². The lowest BCUT2D eigenvalue weighted by Crippen LogP contribution is -2.37. The molecule has 2 aromatic carbocycles. The van der Waals surface area contributed by atoms with E-state index in [4.69, 9.17) is 18.9 Å². The van der Waals surface area contributed by atoms with Crippen molar-refractivity contribution in [3.63, 3.8) is 0 Å². The van der Waals surface area contributed by atoms with Crippen LogP contribution in [0.15, 0.2) is 46.9 Å². The summed E-state index contributed by atoms with van der Waals surface area (Å²) < 4.78 is 18.0. The molecule has 176 valence electrons. The topological polar surface area (TPSA) is 81.8 Å². The highest BCUT2D eigenvalue weighted by atomic mass is 16.5. The third-order valence-corrected chi connectivity index (χ3v) is 6.48. The minimum Gasteiger partial charge on any atom is -0.479 e. The molecule has 0 amide bonds. The van der Waals surface area contributed by atoms with Crippen molar-refractivity contribution in [3.8, 4) is 11.5 Å². The molecular formula is C27H33NO5. The fraction of sp³-hybridized carbons (Fsp3) is 0.481. The first-order chi connectivity index (χ1) is 15.9. The van der Waals surface area contributed by atoms with Gasteiger partial charge in [0.2, 0.25) is 5.89 Å². The third kappa shape index (κ3) is 5.63. The van der Waals surface area contributed by atoms with Gasteiger partial charge in [-0.2, -0.15) is 0 Å². The van der Waals surface area contributed by atoms with E-state index in [9.17, 15) is 9.90 Å². The predicted molar refractivity (Wildman–Crippen MR) is 127 cm³/mol. The Morgan fingerprint density at radius 1 is 1.18 bits per heavy atom. The first kappa shape index (κ1) is 23.5. The highest BCUT2D eigenvalue weighted by Gasteiger charge is 2.31. The Morgan fingerprint density at radius 2 is 1.97 bits per heavy atom. The number of rotatable bonds is 9. The van der Waals surface area contributed by atoms with Crippen molar-refractivity contribution < 1.29 is 23.8 Å². The van der Waals surface area contributed by atoms with Crippen molar-refractivity contribution in [1.82, 2.24) is 4.98 Å². The van der Waals surface area contributed by atoms with Crippen molar-refractivity contribution in [3.05, 3.63) is 53.9 Å². The molecular weight excluding hydrogens is 418 g/mol. The zero-order chi connectivity index (χ0) is 23.4. The third-order valence-electron chi connectivity index (χ3n) is 6.48. The molecule has 4 rings (SSSR count). The quantitative estimate of drug-likeness (QED) is 0.429. The number of carbonyl (C=O) groups is 1. The van der Waals surface area contributed by atoms with Crippen LogP contribution in [0.3, 0.4) is 0 Å². The molecule has 6 nitrogen and oxygen atoms in total. The molecule has 1 fully saturated rings. The van der Waals surface area contributed by atoms with Gasteiger partial charge in [0, 0.05) is 12.0 Å². The molecule has 0 saturated heterocycles. The lowest BCUT2D eigenvalue weighted by Gasteiger charge is -2.31. The minimum absolute atomic E-state index is 0.116. The summed E-state index contributed by atoms with van der Waals surface area (Å²) in [6.45, 7) is 6.10. The van der Waals surface area contributed by atoms with E-state index in [1.807, 2.05) is 18.2 Å². The average molecular weight is 452 g/mol. The van der Waals surface area contributed by atoms with Crippen LogP contribution < -0.4 is 0 Å². The normalized spacial score (nSPS) is 19.1. The average Bonchev–Trinajstić information content (AvgIpc) is 3.25. The van der Waals surface area contributed by atoms with Crippen LogP contribution in [0.5, 0.6) is 0 Å². The second-order valence-corrected chi connectivity index (χ2v) is 9.40. The molecule has 2 unspecified atom stereocenters. The Hall–Kier alpha value is -2.70. The van der Waals surface area contributed by atoms with E-state index in [-0.39, 0.29) is 6.10 Å². The number of aromatic nitrogens is 1. The second-order valence-electron chi connectivity index (χ2n) is 9.40. The van der Waals surface area contributed by atoms with E-state index < -0.39 is 11.6 Å². The predicted octanol–water partition coefficient (Wildman–Crippen LogP) is 6.01. The molecule has 33 heavy (non-hydrogen) atoms. The van der Waals surface area contributed by atoms with Gasteiger partial charge in [-0.1, -0.05) is 43.7 Å². The number of benzene rings is 2. The van der Waals surface area contributed by atoms with Crippen molar-refractivity contribution in [1.29, 1.82) is 0 Å². The Labute approximate surface area is 194 Å². The van der Waals surface area contributed by atoms with Gasteiger partial charge in [0.25, 0.3) is 0 Å². The fourth-order valence-corrected chi connectivity index (χ4v) is 4.35. The van der Waals surface area contributed by atoms with E-state index in [1.54, 1.807) is 13.8 Å². The van der Waals surface area contributed by atoms with Crippen molar-refractivity contribution in [2.24, 2.45) is 5.92 Å². The van der Waals surface area contributed by atoms with Crippen molar-refractivity contribution >= 4 is 16.7 Å². The number of fused-ring (bicyclic) bond motifs is 1. The summed E-state index contributed by atoms with van der Waals surface area (Å²) in [5, 5.41) is 11.6. The molecule has 2 atom stereocenters. The summed E-state index contributed by atoms with van der Waals surface area (Å²) in [5.41, 5.74) is 0.653. The SMILES string of the molecule is CCc1oc(-c2ccc3ccccc3c2)nc1COC1CCCC(COC(C)(C)C(=O)O)C1. The molecule has 1 aliphatic rings. The lowest BCUT2D eigenvalue weighted by molar-refractivity contribution is -0.163. The van der Waals surface area contributed by atoms with E-state index in [0.29, 0.717) is 25.0 Å². The maximum absolute atomic E-state index is 11.3. The van der Waals surface area contributed by atoms with E-state index in [1.165, 1.54) is 5.39 Å². The molecule has 0 spiro atoms. The zero-order valence-corrected chi connectivity index (χ0v) is 19.7. The molecule has 6 heteroatoms. The smallest absolute Gasteiger partial charge is 0.335 e. The molecule has 1 saturated carbocycles. The molecule has 1 aliphatic carbocycles. The van der Waals surface area contributed by atoms with Crippen LogP contribution in [0.1, 0.15) is 57.9 Å². The number of ether oxygens (including phenoxy) is 2. The minimum atomic E-state index is -1.16. The first-order valence-electron chi connectivity index (χ1n) is 11.8. The summed E-state index contributed by atoms with van der Waals surface area (Å²) >= 11 is 0. The number of carboxylic acids is 1. The molecule has 1 aromatic heterocycles. The van der Waals surface area contributed by atoms with Crippen LogP contribution in [-0.2, 0) is 27.3 Å². The van der Waals surface area contributed by atoms with Crippen LogP contribution in [0.25, 0.3) is 22.2 Å². The Kier molecular flexibility index (Phi) is 7.15. The van der Waals surface area contributed by atoms with Gasteiger partial charge in [0.05, 0.1) is 19.3 Å². The standard InChI is InChI=1S/C27H33NO5/c1-4-24-23(28-25(33-24)21-13-12-19-9-5-6-10-20(19)15-21)17-31-22-11-7-8-18(14-22)16-32-27(2,3)26(29)30/h5-6,9-10,12-13,15,18,22H,4,7-8,11,14,16-17H2,1-3H3,(H,29,30). The fourth-order valence-electron chi connectivity index (χ4n) is 4.35. The van der Waals surface area contributed by atoms with Crippen LogP contribution in [0.2, 0.25) is 0 Å². The highest BCUT2D eigenvalue weighted by molar-refractivity contribution is 5.86. The number of aryl methyl sites for hydroxylation is 1. The second kappa shape index (κ2) is 10.1. The molecule has 0 aliphatic heterocycles. The summed E-state index contributed by atoms with van der Waals surface area (Å²) in [5.74, 6) is 0.851. The molecule has 0 bridgehead atoms. The van der Waals surface area contributed by atoms with Gasteiger partial charge in [0.1, 0.15) is 11.5 Å². The van der Waals surface area contributed by atoms with Gasteiger partial charge >= 0.3 is 5.97 Å². The highest BCUT2D eigenvalue weighted by Crippen LogP contribution is 2.30. The molecule has 3 aromatic rings. The maximum Gasteiger partial charge on any atom is 0.335 e. The Morgan fingerprint density at radius 3 is 2.73 bits per heavy atom. The van der Waals surface area contributed by atoms with Crippen molar-refractivity contribution in [2.75, 3.05) is 6.61 Å². The number of hydrogen-bond acceptors (Lipinski definition) is 5. The van der Waals surface area contributed by atoms with Crippen LogP contribution in [0.4, 0.5) is 0 Å². The first-order valence-corrected chi connectivity index (χ1v) is 11.8. The number of nitrogens with zero attached hydrogens (tertiary/aromatic N) is 1. The molecule has 0 radical (unpaired) electrons. The van der Waals surface area contributed by atoms with Gasteiger partial charge in [-0.25, -0.2) is 9.78 Å². The van der Waals surface area contributed by atoms with Crippen LogP contribution in [-0.4, -0.2) is 34.4 Å². The van der Waals surface area contributed by atoms with Gasteiger partial charge in [-0.3, -0.25) is 0 Å². The molecule has 1 N–H and O–H groups in total. The van der Waals surface area contributed by atoms with Gasteiger partial charge in [0.15, 0.2) is 5.60 Å². The van der Waals surface area contributed by atoms with Gasteiger partial charge in [-0.05, 0) is 61.9 Å². The number of hydrogen-bond donors (Lipinski definition) is 1. The van der Waals surface area contributed by atoms with Crippen molar-refractivity contribution in [2.45, 2.75) is 71.2 Å². The zero-order valence-electron chi connectivity index (χ0n) is 19.7. The summed E-state index contributed by atoms with van der Waals surface area (Å²) in [4.78, 5) is 16.0. The monoisotopic (exact) mass is 451 g/mol. The van der Waals surface area contributed by atoms with E-state index in [0.717, 1.165) is 54.5 Å². The Bertz CT molecular complexity index is 1100. The Balaban J connectivity index is 1.38. The summed E-state index contributed by atoms with van der Waals surface area (Å²) in [6.07, 6.45) is 4.82. The largest absolute Gasteiger partial charge is 0.479 e. The number of oxazole rings is 1. The number of aliphatic carboxylic acids is 1. The number of carboxylic acid groups (broad SMARTS) is 1. The van der Waals surface area contributed by atoms with E-state index in [2.05, 4.69) is 31.2 Å². The summed E-state index contributed by atoms with van der Waals surface area (Å²) in [6, 6.07) is 14.5. The summed E-state index contributed by atoms with van der Waals surface area (Å²) in [7, 11) is 0. The van der Waals surface area contributed by atoms with Crippen LogP contribution in [0, 0.1) is 5.92 Å².